The summed E-state index contributed by atoms with van der Waals surface area (Å²) in [7, 11) is 0. The summed E-state index contributed by atoms with van der Waals surface area (Å²) in [5.41, 5.74) is 1.26. The van der Waals surface area contributed by atoms with Gasteiger partial charge in [0.15, 0.2) is 10.6 Å². The molecule has 1 amide bonds. The Morgan fingerprint density at radius 1 is 1.08 bits per heavy atom. The number of nitrogens with zero attached hydrogens (tertiary/aromatic N) is 3. The summed E-state index contributed by atoms with van der Waals surface area (Å²) >= 11 is 1.33. The van der Waals surface area contributed by atoms with Crippen LogP contribution in [0.1, 0.15) is 27.7 Å². The van der Waals surface area contributed by atoms with Crippen LogP contribution >= 0.6 is 11.3 Å². The highest BCUT2D eigenvalue weighted by molar-refractivity contribution is 7.13. The smallest absolute Gasteiger partial charge is 0.297 e. The molecule has 0 saturated carbocycles. The molecule has 4 heterocycles. The summed E-state index contributed by atoms with van der Waals surface area (Å²) in [4.78, 5) is 36.2. The van der Waals surface area contributed by atoms with E-state index in [0.717, 1.165) is 5.56 Å². The van der Waals surface area contributed by atoms with Crippen molar-refractivity contribution in [1.82, 2.24) is 9.97 Å². The molecule has 1 aliphatic heterocycles. The molecule has 4 aromatic rings. The average Bonchev–Trinajstić information content (AvgIpc) is 3.30. The van der Waals surface area contributed by atoms with E-state index in [4.69, 9.17) is 4.42 Å². The first kappa shape index (κ1) is 15.0. The van der Waals surface area contributed by atoms with Gasteiger partial charge in [0.05, 0.1) is 17.0 Å². The Balaban J connectivity index is 1.85. The van der Waals surface area contributed by atoms with Crippen LogP contribution in [0.4, 0.5) is 5.13 Å². The van der Waals surface area contributed by atoms with Gasteiger partial charge in [-0.15, -0.1) is 11.3 Å². The number of para-hydroxylation sites is 1. The summed E-state index contributed by atoms with van der Waals surface area (Å²) < 4.78 is 5.84. The maximum absolute atomic E-state index is 13.2. The molecule has 5 rings (SSSR count). The highest BCUT2D eigenvalue weighted by atomic mass is 32.1. The van der Waals surface area contributed by atoms with Gasteiger partial charge >= 0.3 is 0 Å². The minimum Gasteiger partial charge on any atom is -0.450 e. The molecule has 1 unspecified atom stereocenters. The number of carbonyl (C=O) groups is 1. The number of aromatic nitrogens is 2. The van der Waals surface area contributed by atoms with Gasteiger partial charge < -0.3 is 4.42 Å². The molecule has 26 heavy (non-hydrogen) atoms. The van der Waals surface area contributed by atoms with E-state index in [2.05, 4.69) is 9.97 Å². The molecule has 0 bridgehead atoms. The molecule has 0 N–H and O–H groups in total. The normalized spacial score (nSPS) is 16.2. The number of anilines is 1. The standard InChI is InChI=1S/C19H11N3O3S/c23-16-12-5-1-2-6-13(12)25-17-14(16)15(11-4-3-7-20-10-11)22(18(17)24)19-21-8-9-26-19/h1-10,15H. The number of pyridine rings is 1. The van der Waals surface area contributed by atoms with E-state index in [-0.39, 0.29) is 17.1 Å². The van der Waals surface area contributed by atoms with Crippen LogP contribution in [-0.2, 0) is 0 Å². The summed E-state index contributed by atoms with van der Waals surface area (Å²) in [6, 6.07) is 9.95. The van der Waals surface area contributed by atoms with E-state index >= 15 is 0 Å². The van der Waals surface area contributed by atoms with Gasteiger partial charge in [0.1, 0.15) is 5.58 Å². The lowest BCUT2D eigenvalue weighted by Gasteiger charge is -2.22. The molecular formula is C19H11N3O3S. The van der Waals surface area contributed by atoms with Gasteiger partial charge in [0.25, 0.3) is 5.91 Å². The molecule has 0 spiro atoms. The van der Waals surface area contributed by atoms with Crippen LogP contribution in [0.5, 0.6) is 0 Å². The van der Waals surface area contributed by atoms with Crippen LogP contribution in [0.25, 0.3) is 11.0 Å². The van der Waals surface area contributed by atoms with E-state index < -0.39 is 6.04 Å². The third-order valence-electron chi connectivity index (χ3n) is 4.40. The zero-order valence-electron chi connectivity index (χ0n) is 13.3. The van der Waals surface area contributed by atoms with Crippen molar-refractivity contribution in [3.8, 4) is 0 Å². The minimum atomic E-state index is -0.613. The van der Waals surface area contributed by atoms with Gasteiger partial charge in [-0.3, -0.25) is 19.5 Å². The Morgan fingerprint density at radius 3 is 2.73 bits per heavy atom. The number of benzene rings is 1. The lowest BCUT2D eigenvalue weighted by atomic mass is 10.0. The van der Waals surface area contributed by atoms with E-state index in [1.54, 1.807) is 54.3 Å². The fraction of sp³-hybridized carbons (Fsp3) is 0.0526. The van der Waals surface area contributed by atoms with Gasteiger partial charge in [0.2, 0.25) is 5.76 Å². The van der Waals surface area contributed by atoms with Gasteiger partial charge in [-0.1, -0.05) is 18.2 Å². The molecule has 7 heteroatoms. The van der Waals surface area contributed by atoms with E-state index in [1.807, 2.05) is 6.07 Å². The van der Waals surface area contributed by atoms with E-state index in [9.17, 15) is 9.59 Å². The molecule has 3 aromatic heterocycles. The molecule has 126 valence electrons. The fourth-order valence-electron chi connectivity index (χ4n) is 3.30. The molecule has 0 radical (unpaired) electrons. The Labute approximate surface area is 151 Å². The Bertz CT molecular complexity index is 1190. The number of hydrogen-bond acceptors (Lipinski definition) is 6. The first-order valence-corrected chi connectivity index (χ1v) is 8.82. The number of hydrogen-bond donors (Lipinski definition) is 0. The monoisotopic (exact) mass is 361 g/mol. The van der Waals surface area contributed by atoms with E-state index in [0.29, 0.717) is 21.7 Å². The molecule has 1 atom stereocenters. The summed E-state index contributed by atoms with van der Waals surface area (Å²) in [5.74, 6) is -0.301. The van der Waals surface area contributed by atoms with Crippen LogP contribution in [0.2, 0.25) is 0 Å². The molecule has 0 saturated heterocycles. The summed E-state index contributed by atoms with van der Waals surface area (Å²) in [5, 5.41) is 2.75. The van der Waals surface area contributed by atoms with Crippen LogP contribution in [0.3, 0.4) is 0 Å². The Morgan fingerprint density at radius 2 is 1.96 bits per heavy atom. The third-order valence-corrected chi connectivity index (χ3v) is 5.17. The molecular weight excluding hydrogens is 350 g/mol. The zero-order chi connectivity index (χ0) is 17.7. The number of fused-ring (bicyclic) bond motifs is 2. The highest BCUT2D eigenvalue weighted by Gasteiger charge is 2.44. The SMILES string of the molecule is O=C1c2oc3ccccc3c(=O)c2C(c2cccnc2)N1c1nccs1. The van der Waals surface area contributed by atoms with Crippen molar-refractivity contribution in [2.75, 3.05) is 4.90 Å². The van der Waals surface area contributed by atoms with Crippen molar-refractivity contribution in [3.05, 3.63) is 87.5 Å². The van der Waals surface area contributed by atoms with Crippen LogP contribution < -0.4 is 10.3 Å². The minimum absolute atomic E-state index is 0.0674. The third kappa shape index (κ3) is 2.04. The predicted molar refractivity (Wildman–Crippen MR) is 97.5 cm³/mol. The first-order valence-electron chi connectivity index (χ1n) is 7.94. The van der Waals surface area contributed by atoms with Crippen molar-refractivity contribution < 1.29 is 9.21 Å². The lowest BCUT2D eigenvalue weighted by molar-refractivity contribution is 0.0971. The quantitative estimate of drug-likeness (QED) is 0.547. The average molecular weight is 361 g/mol. The van der Waals surface area contributed by atoms with Crippen molar-refractivity contribution in [2.24, 2.45) is 0 Å². The van der Waals surface area contributed by atoms with Gasteiger partial charge in [-0.25, -0.2) is 4.98 Å². The summed E-state index contributed by atoms with van der Waals surface area (Å²) in [6.45, 7) is 0. The van der Waals surface area contributed by atoms with Gasteiger partial charge in [0, 0.05) is 24.0 Å². The topological polar surface area (TPSA) is 76.3 Å². The number of thiazole rings is 1. The lowest BCUT2D eigenvalue weighted by Crippen LogP contribution is -2.29. The number of rotatable bonds is 2. The first-order chi connectivity index (χ1) is 12.8. The predicted octanol–water partition coefficient (Wildman–Crippen LogP) is 3.39. The molecule has 1 aliphatic rings. The second kappa shape index (κ2) is 5.60. The molecule has 6 nitrogen and oxygen atoms in total. The van der Waals surface area contributed by atoms with Crippen LogP contribution in [-0.4, -0.2) is 15.9 Å². The van der Waals surface area contributed by atoms with Crippen molar-refractivity contribution in [3.63, 3.8) is 0 Å². The number of amides is 1. The summed E-state index contributed by atoms with van der Waals surface area (Å²) in [6.07, 6.45) is 4.93. The maximum atomic E-state index is 13.2. The fourth-order valence-corrected chi connectivity index (χ4v) is 3.97. The molecule has 0 aliphatic carbocycles. The van der Waals surface area contributed by atoms with Crippen molar-refractivity contribution in [1.29, 1.82) is 0 Å². The molecule has 1 aromatic carbocycles. The maximum Gasteiger partial charge on any atom is 0.297 e. The second-order valence-electron chi connectivity index (χ2n) is 5.85. The second-order valence-corrected chi connectivity index (χ2v) is 6.72. The Kier molecular flexibility index (Phi) is 3.23. The van der Waals surface area contributed by atoms with Crippen LogP contribution in [0.15, 0.2) is 69.6 Å². The molecule has 0 fully saturated rings. The zero-order valence-corrected chi connectivity index (χ0v) is 14.1. The van der Waals surface area contributed by atoms with Crippen LogP contribution in [0, 0.1) is 0 Å². The van der Waals surface area contributed by atoms with E-state index in [1.165, 1.54) is 16.2 Å². The largest absolute Gasteiger partial charge is 0.450 e. The number of carbonyl (C=O) groups excluding carboxylic acids is 1. The Hall–Kier alpha value is -3.32. The van der Waals surface area contributed by atoms with Crippen molar-refractivity contribution in [2.45, 2.75) is 6.04 Å². The van der Waals surface area contributed by atoms with Gasteiger partial charge in [-0.05, 0) is 23.8 Å². The van der Waals surface area contributed by atoms with Gasteiger partial charge in [-0.2, -0.15) is 0 Å². The highest BCUT2D eigenvalue weighted by Crippen LogP contribution is 2.41. The van der Waals surface area contributed by atoms with Crippen molar-refractivity contribution >= 4 is 33.3 Å².